The Hall–Kier alpha value is -3.39. The highest BCUT2D eigenvalue weighted by molar-refractivity contribution is 6.01. The second-order valence-electron chi connectivity index (χ2n) is 9.62. The average molecular weight is 468 g/mol. The van der Waals surface area contributed by atoms with E-state index in [1.54, 1.807) is 18.2 Å². The molecule has 8 heteroatoms. The minimum Gasteiger partial charge on any atom is -0.489 e. The van der Waals surface area contributed by atoms with Crippen molar-refractivity contribution in [3.05, 3.63) is 64.7 Å². The lowest BCUT2D eigenvalue weighted by Crippen LogP contribution is -2.45. The number of amides is 2. The average Bonchev–Trinajstić information content (AvgIpc) is 3.13. The Morgan fingerprint density at radius 1 is 1.12 bits per heavy atom. The fourth-order valence-corrected chi connectivity index (χ4v) is 4.00. The van der Waals surface area contributed by atoms with Gasteiger partial charge in [-0.2, -0.15) is 0 Å². The highest BCUT2D eigenvalue weighted by Gasteiger charge is 2.37. The molecule has 1 aliphatic rings. The predicted molar refractivity (Wildman–Crippen MR) is 128 cm³/mol. The Balaban J connectivity index is 1.72. The predicted octanol–water partition coefficient (Wildman–Crippen LogP) is 3.07. The number of hydrogen-bond donors (Lipinski definition) is 2. The Kier molecular flexibility index (Phi) is 7.61. The smallest absolute Gasteiger partial charge is 0.305 e. The summed E-state index contributed by atoms with van der Waals surface area (Å²) in [6, 6.07) is 12.2. The van der Waals surface area contributed by atoms with Crippen molar-refractivity contribution in [2.75, 3.05) is 7.11 Å². The van der Waals surface area contributed by atoms with Crippen LogP contribution in [0.2, 0.25) is 0 Å². The fourth-order valence-electron chi connectivity index (χ4n) is 4.00. The first-order valence-electron chi connectivity index (χ1n) is 11.3. The summed E-state index contributed by atoms with van der Waals surface area (Å²) in [6.45, 7) is 6.81. The third-order valence-corrected chi connectivity index (χ3v) is 6.17. The molecule has 34 heavy (non-hydrogen) atoms. The van der Waals surface area contributed by atoms with E-state index in [4.69, 9.17) is 16.2 Å². The van der Waals surface area contributed by atoms with Crippen LogP contribution >= 0.6 is 0 Å². The van der Waals surface area contributed by atoms with Gasteiger partial charge >= 0.3 is 5.97 Å². The van der Waals surface area contributed by atoms with Crippen LogP contribution in [0, 0.1) is 5.41 Å². The van der Waals surface area contributed by atoms with Crippen molar-refractivity contribution < 1.29 is 23.9 Å². The molecule has 0 radical (unpaired) electrons. The molecular weight excluding hydrogens is 434 g/mol. The minimum absolute atomic E-state index is 0.0115. The standard InChI is InChI=1S/C26H33N3O5/c1-26(2,3)23(27)17-10-8-16(9-11-17)15-34-21-7-5-6-18-19(21)14-29(25(18)32)20(24(28)31)12-13-22(30)33-4/h5-11,20,23H,12-15,27H2,1-4H3,(H2,28,31). The summed E-state index contributed by atoms with van der Waals surface area (Å²) >= 11 is 0. The molecular formula is C26H33N3O5. The number of primary amides is 1. The number of nitrogens with two attached hydrogens (primary N) is 2. The van der Waals surface area contributed by atoms with E-state index in [1.807, 2.05) is 24.3 Å². The van der Waals surface area contributed by atoms with Gasteiger partial charge in [0, 0.05) is 23.6 Å². The number of benzene rings is 2. The van der Waals surface area contributed by atoms with Crippen LogP contribution in [0.15, 0.2) is 42.5 Å². The lowest BCUT2D eigenvalue weighted by molar-refractivity contribution is -0.141. The van der Waals surface area contributed by atoms with E-state index in [0.717, 1.165) is 11.1 Å². The molecule has 4 N–H and O–H groups in total. The number of hydrogen-bond acceptors (Lipinski definition) is 6. The van der Waals surface area contributed by atoms with Crippen LogP contribution < -0.4 is 16.2 Å². The largest absolute Gasteiger partial charge is 0.489 e. The summed E-state index contributed by atoms with van der Waals surface area (Å²) in [5, 5.41) is 0. The molecule has 0 saturated heterocycles. The van der Waals surface area contributed by atoms with Crippen molar-refractivity contribution in [1.29, 1.82) is 0 Å². The number of fused-ring (bicyclic) bond motifs is 1. The molecule has 2 unspecified atom stereocenters. The van der Waals surface area contributed by atoms with E-state index in [1.165, 1.54) is 12.0 Å². The van der Waals surface area contributed by atoms with Gasteiger partial charge in [0.15, 0.2) is 0 Å². The minimum atomic E-state index is -0.911. The SMILES string of the molecule is COC(=O)CCC(C(N)=O)N1Cc2c(OCc3ccc(C(N)C(C)(C)C)cc3)cccc2C1=O. The molecule has 0 spiro atoms. The van der Waals surface area contributed by atoms with Crippen LogP contribution in [0.25, 0.3) is 0 Å². The second kappa shape index (κ2) is 10.3. The highest BCUT2D eigenvalue weighted by atomic mass is 16.5. The van der Waals surface area contributed by atoms with Crippen molar-refractivity contribution in [1.82, 2.24) is 4.90 Å². The van der Waals surface area contributed by atoms with Gasteiger partial charge in [-0.1, -0.05) is 51.1 Å². The summed E-state index contributed by atoms with van der Waals surface area (Å²) in [5.41, 5.74) is 15.0. The summed E-state index contributed by atoms with van der Waals surface area (Å²) in [6.07, 6.45) is 0.0867. The van der Waals surface area contributed by atoms with Crippen LogP contribution in [0.1, 0.15) is 66.7 Å². The zero-order valence-corrected chi connectivity index (χ0v) is 20.2. The summed E-state index contributed by atoms with van der Waals surface area (Å²) in [4.78, 5) is 38.0. The molecule has 182 valence electrons. The second-order valence-corrected chi connectivity index (χ2v) is 9.62. The molecule has 0 bridgehead atoms. The molecule has 0 fully saturated rings. The third-order valence-electron chi connectivity index (χ3n) is 6.17. The normalized spacial score (nSPS) is 15.0. The van der Waals surface area contributed by atoms with E-state index < -0.39 is 17.9 Å². The summed E-state index contributed by atoms with van der Waals surface area (Å²) < 4.78 is 10.7. The maximum absolute atomic E-state index is 13.0. The van der Waals surface area contributed by atoms with Crippen LogP contribution in [0.4, 0.5) is 0 Å². The van der Waals surface area contributed by atoms with Gasteiger partial charge in [0.1, 0.15) is 18.4 Å². The first-order chi connectivity index (χ1) is 16.0. The molecule has 2 aromatic carbocycles. The van der Waals surface area contributed by atoms with Crippen molar-refractivity contribution in [2.45, 2.75) is 58.8 Å². The van der Waals surface area contributed by atoms with Crippen molar-refractivity contribution in [3.63, 3.8) is 0 Å². The molecule has 1 heterocycles. The third kappa shape index (κ3) is 5.56. The van der Waals surface area contributed by atoms with Crippen LogP contribution in [-0.2, 0) is 27.5 Å². The number of rotatable bonds is 9. The maximum Gasteiger partial charge on any atom is 0.305 e. The molecule has 1 aliphatic heterocycles. The van der Waals surface area contributed by atoms with E-state index in [0.29, 0.717) is 23.5 Å². The van der Waals surface area contributed by atoms with E-state index in [9.17, 15) is 14.4 Å². The zero-order chi connectivity index (χ0) is 25.0. The first-order valence-corrected chi connectivity index (χ1v) is 11.3. The Morgan fingerprint density at radius 3 is 2.38 bits per heavy atom. The van der Waals surface area contributed by atoms with Crippen LogP contribution in [0.5, 0.6) is 5.75 Å². The van der Waals surface area contributed by atoms with Gasteiger partial charge in [0.05, 0.1) is 13.7 Å². The molecule has 2 amide bonds. The van der Waals surface area contributed by atoms with Gasteiger partial charge in [-0.05, 0) is 35.1 Å². The van der Waals surface area contributed by atoms with Crippen LogP contribution in [-0.4, -0.2) is 35.8 Å². The molecule has 3 rings (SSSR count). The maximum atomic E-state index is 13.0. The lowest BCUT2D eigenvalue weighted by atomic mass is 9.83. The molecule has 0 aliphatic carbocycles. The van der Waals surface area contributed by atoms with Gasteiger partial charge in [0.25, 0.3) is 5.91 Å². The molecule has 2 atom stereocenters. The monoisotopic (exact) mass is 467 g/mol. The summed E-state index contributed by atoms with van der Waals surface area (Å²) in [7, 11) is 1.27. The number of esters is 1. The lowest BCUT2D eigenvalue weighted by Gasteiger charge is -2.27. The van der Waals surface area contributed by atoms with Gasteiger partial charge in [-0.25, -0.2) is 0 Å². The number of methoxy groups -OCH3 is 1. The highest BCUT2D eigenvalue weighted by Crippen LogP contribution is 2.34. The van der Waals surface area contributed by atoms with Gasteiger partial charge in [0.2, 0.25) is 5.91 Å². The topological polar surface area (TPSA) is 125 Å². The van der Waals surface area contributed by atoms with Crippen molar-refractivity contribution in [2.24, 2.45) is 16.9 Å². The number of carbonyl (C=O) groups is 3. The summed E-state index contributed by atoms with van der Waals surface area (Å²) in [5.74, 6) is -0.871. The van der Waals surface area contributed by atoms with Crippen molar-refractivity contribution >= 4 is 17.8 Å². The van der Waals surface area contributed by atoms with Gasteiger partial charge in [-0.3, -0.25) is 14.4 Å². The Bertz CT molecular complexity index is 1060. The zero-order valence-electron chi connectivity index (χ0n) is 20.2. The molecule has 0 saturated carbocycles. The fraction of sp³-hybridized carbons (Fsp3) is 0.423. The number of ether oxygens (including phenoxy) is 2. The molecule has 2 aromatic rings. The Morgan fingerprint density at radius 2 is 1.79 bits per heavy atom. The Labute approximate surface area is 200 Å². The van der Waals surface area contributed by atoms with Crippen molar-refractivity contribution in [3.8, 4) is 5.75 Å². The van der Waals surface area contributed by atoms with Gasteiger partial charge < -0.3 is 25.8 Å². The number of carbonyl (C=O) groups excluding carboxylic acids is 3. The molecule has 8 nitrogen and oxygen atoms in total. The van der Waals surface area contributed by atoms with E-state index in [-0.39, 0.29) is 36.8 Å². The molecule has 0 aromatic heterocycles. The van der Waals surface area contributed by atoms with E-state index in [2.05, 4.69) is 25.5 Å². The van der Waals surface area contributed by atoms with Gasteiger partial charge in [-0.15, -0.1) is 0 Å². The van der Waals surface area contributed by atoms with Crippen LogP contribution in [0.3, 0.4) is 0 Å². The quantitative estimate of drug-likeness (QED) is 0.546. The number of nitrogens with zero attached hydrogens (tertiary/aromatic N) is 1. The van der Waals surface area contributed by atoms with E-state index >= 15 is 0 Å². The first kappa shape index (κ1) is 25.2.